The Labute approximate surface area is 271 Å². The van der Waals surface area contributed by atoms with Crippen LogP contribution in [-0.4, -0.2) is 64.9 Å². The third-order valence-corrected chi connectivity index (χ3v) is 8.26. The second-order valence-corrected chi connectivity index (χ2v) is 13.2. The van der Waals surface area contributed by atoms with Gasteiger partial charge in [-0.05, 0) is 38.5 Å². The molecule has 11 nitrogen and oxygen atoms in total. The van der Waals surface area contributed by atoms with E-state index in [1.807, 2.05) is 0 Å². The Morgan fingerprint density at radius 3 is 1.71 bits per heavy atom. The van der Waals surface area contributed by atoms with Crippen LogP contribution < -0.4 is 5.32 Å². The molecule has 0 aliphatic rings. The molecule has 0 radical (unpaired) electrons. The van der Waals surface area contributed by atoms with E-state index in [9.17, 15) is 34.1 Å². The Hall–Kier alpha value is -1.78. The zero-order valence-corrected chi connectivity index (χ0v) is 28.8. The predicted octanol–water partition coefficient (Wildman–Crippen LogP) is 7.38. The topological polar surface area (TPSA) is 169 Å². The van der Waals surface area contributed by atoms with Gasteiger partial charge in [0.2, 0.25) is 5.91 Å². The van der Waals surface area contributed by atoms with Crippen LogP contribution in [0.15, 0.2) is 12.2 Å². The number of unbranched alkanes of at least 4 members (excludes halogenated alkanes) is 16. The van der Waals surface area contributed by atoms with Gasteiger partial charge in [0.15, 0.2) is 6.04 Å². The molecule has 0 aromatic carbocycles. The lowest BCUT2D eigenvalue weighted by Crippen LogP contribution is -2.43. The number of carboxylic acids is 1. The number of hydrogen-bond acceptors (Lipinski definition) is 8. The molecule has 1 amide bonds. The molecule has 3 atom stereocenters. The van der Waals surface area contributed by atoms with Crippen LogP contribution in [0.3, 0.4) is 0 Å². The zero-order valence-electron chi connectivity index (χ0n) is 27.9. The Morgan fingerprint density at radius 2 is 1.16 bits per heavy atom. The first-order valence-corrected chi connectivity index (χ1v) is 18.7. The van der Waals surface area contributed by atoms with Crippen molar-refractivity contribution in [3.8, 4) is 0 Å². The Bertz CT molecular complexity index is 838. The summed E-state index contributed by atoms with van der Waals surface area (Å²) in [6, 6.07) is -1.54. The molecule has 0 aromatic rings. The molecular weight excluding hydrogens is 601 g/mol. The van der Waals surface area contributed by atoms with Crippen LogP contribution in [-0.2, 0) is 32.7 Å². The number of carboxylic acid groups (broad SMARTS) is 1. The van der Waals surface area contributed by atoms with Gasteiger partial charge in [-0.15, -0.1) is 0 Å². The van der Waals surface area contributed by atoms with Crippen LogP contribution >= 0.6 is 7.82 Å². The van der Waals surface area contributed by atoms with Crippen LogP contribution in [0.25, 0.3) is 0 Å². The van der Waals surface area contributed by atoms with Gasteiger partial charge in [-0.2, -0.15) is 0 Å². The Morgan fingerprint density at radius 1 is 0.689 bits per heavy atom. The summed E-state index contributed by atoms with van der Waals surface area (Å²) in [6.45, 7) is 2.49. The van der Waals surface area contributed by atoms with E-state index in [1.165, 1.54) is 51.4 Å². The second-order valence-electron chi connectivity index (χ2n) is 11.7. The number of carbonyl (C=O) groups excluding carboxylic acids is 2. The number of ether oxygens (including phenoxy) is 1. The SMILES string of the molecule is CCCCCC/C=C\CCCCCCCC(=O)NC(COP(=O)(O)OCC(O)COC(=O)CCCCCCCCCC)C(=O)O. The van der Waals surface area contributed by atoms with Crippen molar-refractivity contribution in [2.45, 2.75) is 161 Å². The quantitative estimate of drug-likeness (QED) is 0.0247. The molecule has 0 aliphatic carbocycles. The lowest BCUT2D eigenvalue weighted by atomic mass is 10.1. The number of aliphatic hydroxyl groups excluding tert-OH is 1. The molecule has 264 valence electrons. The van der Waals surface area contributed by atoms with Crippen molar-refractivity contribution in [1.29, 1.82) is 0 Å². The maximum atomic E-state index is 12.2. The summed E-state index contributed by atoms with van der Waals surface area (Å²) in [4.78, 5) is 45.4. The largest absolute Gasteiger partial charge is 0.480 e. The highest BCUT2D eigenvalue weighted by Crippen LogP contribution is 2.43. The number of aliphatic carboxylic acids is 1. The van der Waals surface area contributed by atoms with Gasteiger partial charge in [0.1, 0.15) is 12.7 Å². The van der Waals surface area contributed by atoms with E-state index in [1.54, 1.807) is 0 Å². The van der Waals surface area contributed by atoms with Crippen LogP contribution in [0, 0.1) is 0 Å². The van der Waals surface area contributed by atoms with Gasteiger partial charge in [-0.1, -0.05) is 109 Å². The average Bonchev–Trinajstić information content (AvgIpc) is 3.00. The van der Waals surface area contributed by atoms with Gasteiger partial charge in [-0.25, -0.2) is 9.36 Å². The minimum absolute atomic E-state index is 0.138. The van der Waals surface area contributed by atoms with E-state index in [-0.39, 0.29) is 12.8 Å². The maximum Gasteiger partial charge on any atom is 0.472 e. The van der Waals surface area contributed by atoms with Crippen molar-refractivity contribution in [3.05, 3.63) is 12.2 Å². The molecule has 0 rings (SSSR count). The summed E-state index contributed by atoms with van der Waals surface area (Å²) >= 11 is 0. The molecule has 0 aliphatic heterocycles. The third kappa shape index (κ3) is 29.4. The second kappa shape index (κ2) is 29.6. The van der Waals surface area contributed by atoms with Gasteiger partial charge in [-0.3, -0.25) is 18.6 Å². The number of nitrogens with one attached hydrogen (secondary N) is 1. The molecule has 0 saturated carbocycles. The molecule has 0 fully saturated rings. The fraction of sp³-hybridized carbons (Fsp3) is 0.848. The number of phosphoric acid groups is 1. The summed E-state index contributed by atoms with van der Waals surface area (Å²) in [5.41, 5.74) is 0. The minimum Gasteiger partial charge on any atom is -0.480 e. The van der Waals surface area contributed by atoms with Crippen molar-refractivity contribution in [1.82, 2.24) is 5.32 Å². The predicted molar refractivity (Wildman–Crippen MR) is 176 cm³/mol. The van der Waals surface area contributed by atoms with Crippen LogP contribution in [0.5, 0.6) is 0 Å². The number of amides is 1. The Kier molecular flexibility index (Phi) is 28.4. The van der Waals surface area contributed by atoms with E-state index >= 15 is 0 Å². The first-order chi connectivity index (χ1) is 21.6. The first kappa shape index (κ1) is 43.2. The van der Waals surface area contributed by atoms with Crippen molar-refractivity contribution in [3.63, 3.8) is 0 Å². The van der Waals surface area contributed by atoms with Crippen molar-refractivity contribution >= 4 is 25.7 Å². The smallest absolute Gasteiger partial charge is 0.472 e. The highest BCUT2D eigenvalue weighted by atomic mass is 31.2. The number of rotatable bonds is 32. The lowest BCUT2D eigenvalue weighted by Gasteiger charge is -2.18. The molecule has 0 bridgehead atoms. The zero-order chi connectivity index (χ0) is 33.6. The maximum absolute atomic E-state index is 12.2. The number of esters is 1. The van der Waals surface area contributed by atoms with Crippen LogP contribution in [0.2, 0.25) is 0 Å². The van der Waals surface area contributed by atoms with E-state index in [0.717, 1.165) is 57.8 Å². The number of allylic oxidation sites excluding steroid dienone is 2. The number of hydrogen-bond donors (Lipinski definition) is 4. The number of carbonyl (C=O) groups is 3. The van der Waals surface area contributed by atoms with Gasteiger partial charge < -0.3 is 25.2 Å². The van der Waals surface area contributed by atoms with Crippen molar-refractivity contribution < 1.29 is 47.8 Å². The summed E-state index contributed by atoms with van der Waals surface area (Å²) in [5.74, 6) is -2.39. The van der Waals surface area contributed by atoms with Gasteiger partial charge >= 0.3 is 19.8 Å². The first-order valence-electron chi connectivity index (χ1n) is 17.2. The highest BCUT2D eigenvalue weighted by Gasteiger charge is 2.28. The van der Waals surface area contributed by atoms with Gasteiger partial charge in [0.25, 0.3) is 0 Å². The summed E-state index contributed by atoms with van der Waals surface area (Å²) in [6.07, 6.45) is 24.1. The number of aliphatic hydroxyl groups is 1. The monoisotopic (exact) mass is 663 g/mol. The van der Waals surface area contributed by atoms with E-state index in [2.05, 4.69) is 31.3 Å². The summed E-state index contributed by atoms with van der Waals surface area (Å²) in [7, 11) is -4.74. The fourth-order valence-electron chi connectivity index (χ4n) is 4.54. The van der Waals surface area contributed by atoms with Gasteiger partial charge in [0.05, 0.1) is 13.2 Å². The molecule has 0 saturated heterocycles. The van der Waals surface area contributed by atoms with E-state index in [0.29, 0.717) is 12.8 Å². The van der Waals surface area contributed by atoms with E-state index < -0.39 is 57.6 Å². The summed E-state index contributed by atoms with van der Waals surface area (Å²) in [5, 5.41) is 21.6. The molecule has 45 heavy (non-hydrogen) atoms. The van der Waals surface area contributed by atoms with Crippen LogP contribution in [0.1, 0.15) is 149 Å². The minimum atomic E-state index is -4.74. The standard InChI is InChI=1S/C33H62NO10P/c1-3-5-7-9-11-13-14-15-16-17-18-20-22-24-31(36)34-30(33(38)39)28-44-45(40,41)43-27-29(35)26-42-32(37)25-23-21-19-12-10-8-6-4-2/h13-14,29-30,35H,3-12,15-28H2,1-2H3,(H,34,36)(H,38,39)(H,40,41)/b14-13-. The Balaban J connectivity index is 4.04. The average molecular weight is 664 g/mol. The van der Waals surface area contributed by atoms with Crippen molar-refractivity contribution in [2.75, 3.05) is 19.8 Å². The highest BCUT2D eigenvalue weighted by molar-refractivity contribution is 7.47. The lowest BCUT2D eigenvalue weighted by molar-refractivity contribution is -0.147. The molecule has 4 N–H and O–H groups in total. The molecule has 0 aromatic heterocycles. The van der Waals surface area contributed by atoms with Crippen LogP contribution in [0.4, 0.5) is 0 Å². The third-order valence-electron chi connectivity index (χ3n) is 7.30. The molecule has 0 heterocycles. The molecule has 12 heteroatoms. The normalized spacial score (nSPS) is 14.2. The molecule has 3 unspecified atom stereocenters. The summed E-state index contributed by atoms with van der Waals surface area (Å²) < 4.78 is 26.6. The molecular formula is C33H62NO10P. The molecule has 0 spiro atoms. The van der Waals surface area contributed by atoms with E-state index in [4.69, 9.17) is 13.8 Å². The van der Waals surface area contributed by atoms with Gasteiger partial charge in [0, 0.05) is 12.8 Å². The number of phosphoric ester groups is 1. The fourth-order valence-corrected chi connectivity index (χ4v) is 5.32. The van der Waals surface area contributed by atoms with Crippen molar-refractivity contribution in [2.24, 2.45) is 0 Å².